The van der Waals surface area contributed by atoms with Crippen LogP contribution in [0.25, 0.3) is 5.69 Å². The monoisotopic (exact) mass is 250 g/mol. The first-order chi connectivity index (χ1) is 8.49. The van der Waals surface area contributed by atoms with Gasteiger partial charge in [0.1, 0.15) is 11.5 Å². The molecule has 0 aliphatic heterocycles. The first-order valence-electron chi connectivity index (χ1n) is 4.84. The summed E-state index contributed by atoms with van der Waals surface area (Å²) in [5, 5.41) is 8.66. The van der Waals surface area contributed by atoms with Crippen molar-refractivity contribution < 1.29 is 14.3 Å². The van der Waals surface area contributed by atoms with Gasteiger partial charge in [0.2, 0.25) is 0 Å². The molecule has 0 unspecified atom stereocenters. The van der Waals surface area contributed by atoms with Gasteiger partial charge in [-0.15, -0.1) is 0 Å². The zero-order chi connectivity index (χ0) is 13.3. The summed E-state index contributed by atoms with van der Waals surface area (Å²) >= 11 is 0. The summed E-state index contributed by atoms with van der Waals surface area (Å²) < 4.78 is 13.4. The molecule has 0 aliphatic rings. The maximum Gasteiger partial charge on any atom is 0.352 e. The molecule has 0 atom stereocenters. The summed E-state index contributed by atoms with van der Waals surface area (Å²) in [7, 11) is 0. The third-order valence-corrected chi connectivity index (χ3v) is 2.25. The molecular weight excluding hydrogens is 243 g/mol. The highest BCUT2D eigenvalue weighted by molar-refractivity contribution is 5.84. The van der Waals surface area contributed by atoms with Crippen molar-refractivity contribution >= 4 is 5.97 Å². The molecule has 7 heteroatoms. The van der Waals surface area contributed by atoms with Crippen molar-refractivity contribution in [2.75, 3.05) is 0 Å². The fourth-order valence-corrected chi connectivity index (χ4v) is 1.45. The number of nitrogens with one attached hydrogen (secondary N) is 1. The number of hydrogen-bond acceptors (Lipinski definition) is 3. The maximum absolute atomic E-state index is 12.7. The summed E-state index contributed by atoms with van der Waals surface area (Å²) in [6, 6.07) is 5.45. The lowest BCUT2D eigenvalue weighted by atomic mass is 10.3. The minimum absolute atomic E-state index is 0.152. The van der Waals surface area contributed by atoms with Crippen molar-refractivity contribution in [3.8, 4) is 5.69 Å². The van der Waals surface area contributed by atoms with Gasteiger partial charge in [-0.05, 0) is 24.3 Å². The molecule has 92 valence electrons. The molecule has 0 spiro atoms. The van der Waals surface area contributed by atoms with Gasteiger partial charge in [0.15, 0.2) is 0 Å². The van der Waals surface area contributed by atoms with E-state index in [2.05, 4.69) is 0 Å². The highest BCUT2D eigenvalue weighted by Crippen LogP contribution is 2.04. The quantitative estimate of drug-likeness (QED) is 0.805. The van der Waals surface area contributed by atoms with Crippen molar-refractivity contribution in [1.82, 2.24) is 9.55 Å². The zero-order valence-electron chi connectivity index (χ0n) is 8.88. The molecule has 0 saturated heterocycles. The average Bonchev–Trinajstić information content (AvgIpc) is 2.30. The Morgan fingerprint density at radius 3 is 2.33 bits per heavy atom. The van der Waals surface area contributed by atoms with E-state index in [1.54, 1.807) is 0 Å². The summed E-state index contributed by atoms with van der Waals surface area (Å²) in [5.41, 5.74) is -2.04. The Balaban J connectivity index is 2.66. The standard InChI is InChI=1S/C11H7FN2O4/c12-6-1-3-7(4-2-6)14-9(15)5-8(10(16)17)13-11(14)18/h1-5H,(H,13,18)(H,16,17). The van der Waals surface area contributed by atoms with Crippen LogP contribution < -0.4 is 11.2 Å². The largest absolute Gasteiger partial charge is 0.477 e. The molecule has 2 rings (SSSR count). The average molecular weight is 250 g/mol. The SMILES string of the molecule is O=C(O)c1cc(=O)n(-c2ccc(F)cc2)c(=O)[nH]1. The first-order valence-corrected chi connectivity index (χ1v) is 4.84. The predicted octanol–water partition coefficient (Wildman–Crippen LogP) is 0.363. The van der Waals surface area contributed by atoms with E-state index in [9.17, 15) is 18.8 Å². The van der Waals surface area contributed by atoms with Crippen molar-refractivity contribution in [2.24, 2.45) is 0 Å². The van der Waals surface area contributed by atoms with Crippen LogP contribution in [0.1, 0.15) is 10.5 Å². The number of aromatic carboxylic acids is 1. The van der Waals surface area contributed by atoms with Crippen LogP contribution in [0.2, 0.25) is 0 Å². The van der Waals surface area contributed by atoms with E-state index in [-0.39, 0.29) is 5.69 Å². The highest BCUT2D eigenvalue weighted by Gasteiger charge is 2.10. The molecule has 1 aromatic carbocycles. The number of carboxylic acid groups (broad SMARTS) is 1. The number of aromatic nitrogens is 2. The van der Waals surface area contributed by atoms with Crippen LogP contribution in [0.3, 0.4) is 0 Å². The second-order valence-electron chi connectivity index (χ2n) is 3.44. The lowest BCUT2D eigenvalue weighted by molar-refractivity contribution is 0.0689. The van der Waals surface area contributed by atoms with Gasteiger partial charge in [-0.1, -0.05) is 0 Å². The third kappa shape index (κ3) is 2.05. The van der Waals surface area contributed by atoms with Gasteiger partial charge in [-0.3, -0.25) is 4.79 Å². The first kappa shape index (κ1) is 11.8. The van der Waals surface area contributed by atoms with Crippen LogP contribution >= 0.6 is 0 Å². The molecular formula is C11H7FN2O4. The van der Waals surface area contributed by atoms with Crippen LogP contribution in [0.15, 0.2) is 39.9 Å². The van der Waals surface area contributed by atoms with Gasteiger partial charge in [-0.2, -0.15) is 0 Å². The molecule has 1 aromatic heterocycles. The maximum atomic E-state index is 12.7. The zero-order valence-corrected chi connectivity index (χ0v) is 8.88. The van der Waals surface area contributed by atoms with E-state index in [0.29, 0.717) is 4.57 Å². The summed E-state index contributed by atoms with van der Waals surface area (Å²) in [6.45, 7) is 0. The Morgan fingerprint density at radius 2 is 1.83 bits per heavy atom. The number of nitrogens with zero attached hydrogens (tertiary/aromatic N) is 1. The topological polar surface area (TPSA) is 92.2 Å². The lowest BCUT2D eigenvalue weighted by Gasteiger charge is -2.04. The summed E-state index contributed by atoms with van der Waals surface area (Å²) in [6.07, 6.45) is 0. The van der Waals surface area contributed by atoms with Crippen LogP contribution in [0, 0.1) is 5.82 Å². The summed E-state index contributed by atoms with van der Waals surface area (Å²) in [5.74, 6) is -1.92. The molecule has 2 aromatic rings. The van der Waals surface area contributed by atoms with Gasteiger partial charge in [-0.25, -0.2) is 18.5 Å². The van der Waals surface area contributed by atoms with Crippen molar-refractivity contribution in [2.45, 2.75) is 0 Å². The summed E-state index contributed by atoms with van der Waals surface area (Å²) in [4.78, 5) is 35.9. The van der Waals surface area contributed by atoms with Crippen LogP contribution in [0.5, 0.6) is 0 Å². The molecule has 0 radical (unpaired) electrons. The normalized spacial score (nSPS) is 10.3. The number of carboxylic acids is 1. The number of hydrogen-bond donors (Lipinski definition) is 2. The third-order valence-electron chi connectivity index (χ3n) is 2.25. The minimum atomic E-state index is -1.41. The van der Waals surface area contributed by atoms with E-state index in [4.69, 9.17) is 5.11 Å². The van der Waals surface area contributed by atoms with Crippen molar-refractivity contribution in [1.29, 1.82) is 0 Å². The number of carbonyl (C=O) groups is 1. The molecule has 18 heavy (non-hydrogen) atoms. The van der Waals surface area contributed by atoms with Gasteiger partial charge >= 0.3 is 11.7 Å². The number of halogens is 1. The predicted molar refractivity (Wildman–Crippen MR) is 59.6 cm³/mol. The van der Waals surface area contributed by atoms with E-state index < -0.39 is 28.7 Å². The number of aromatic amines is 1. The molecule has 0 bridgehead atoms. The smallest absolute Gasteiger partial charge is 0.352 e. The van der Waals surface area contributed by atoms with Gasteiger partial charge in [0.25, 0.3) is 5.56 Å². The minimum Gasteiger partial charge on any atom is -0.477 e. The molecule has 0 aliphatic carbocycles. The Kier molecular flexibility index (Phi) is 2.80. The fraction of sp³-hybridized carbons (Fsp3) is 0. The van der Waals surface area contributed by atoms with Gasteiger partial charge in [0.05, 0.1) is 5.69 Å². The van der Waals surface area contributed by atoms with Gasteiger partial charge < -0.3 is 10.1 Å². The number of H-pyrrole nitrogens is 1. The van der Waals surface area contributed by atoms with Crippen LogP contribution in [-0.4, -0.2) is 20.6 Å². The molecule has 0 saturated carbocycles. The Morgan fingerprint density at radius 1 is 1.22 bits per heavy atom. The highest BCUT2D eigenvalue weighted by atomic mass is 19.1. The number of rotatable bonds is 2. The van der Waals surface area contributed by atoms with E-state index in [1.165, 1.54) is 12.1 Å². The second-order valence-corrected chi connectivity index (χ2v) is 3.44. The van der Waals surface area contributed by atoms with E-state index in [1.807, 2.05) is 4.98 Å². The molecule has 0 amide bonds. The second kappa shape index (κ2) is 4.28. The fourth-order valence-electron chi connectivity index (χ4n) is 1.45. The van der Waals surface area contributed by atoms with Crippen LogP contribution in [-0.2, 0) is 0 Å². The van der Waals surface area contributed by atoms with Gasteiger partial charge in [0, 0.05) is 6.07 Å². The van der Waals surface area contributed by atoms with E-state index >= 15 is 0 Å². The Hall–Kier alpha value is -2.70. The Labute approximate surface area is 98.9 Å². The molecule has 2 N–H and O–H groups in total. The van der Waals surface area contributed by atoms with E-state index in [0.717, 1.165) is 18.2 Å². The molecule has 6 nitrogen and oxygen atoms in total. The molecule has 1 heterocycles. The Bertz CT molecular complexity index is 684. The van der Waals surface area contributed by atoms with Crippen molar-refractivity contribution in [3.05, 3.63) is 62.7 Å². The lowest BCUT2D eigenvalue weighted by Crippen LogP contribution is -2.34. The molecule has 0 fully saturated rings. The number of benzene rings is 1. The van der Waals surface area contributed by atoms with Crippen molar-refractivity contribution in [3.63, 3.8) is 0 Å². The van der Waals surface area contributed by atoms with Crippen LogP contribution in [0.4, 0.5) is 4.39 Å².